The van der Waals surface area contributed by atoms with Crippen molar-refractivity contribution in [2.75, 3.05) is 0 Å². The molecule has 0 aromatic rings. The van der Waals surface area contributed by atoms with E-state index in [4.69, 9.17) is 19.6 Å². The van der Waals surface area contributed by atoms with Gasteiger partial charge in [-0.1, -0.05) is 0 Å². The van der Waals surface area contributed by atoms with Crippen LogP contribution in [0.1, 0.15) is 0 Å². The Kier molecular flexibility index (Phi) is 2.79. The van der Waals surface area contributed by atoms with Gasteiger partial charge in [0.1, 0.15) is 0 Å². The highest BCUT2D eigenvalue weighted by Gasteiger charge is 2.28. The molecule has 0 heterocycles. The van der Waals surface area contributed by atoms with E-state index >= 15 is 0 Å². The van der Waals surface area contributed by atoms with Crippen molar-refractivity contribution >= 4 is 23.1 Å². The van der Waals surface area contributed by atoms with Crippen molar-refractivity contribution in [2.24, 2.45) is 0 Å². The Bertz CT molecular complexity index is 151. The molecule has 0 aliphatic heterocycles. The van der Waals surface area contributed by atoms with Gasteiger partial charge in [0.05, 0.1) is 0 Å². The van der Waals surface area contributed by atoms with Crippen LogP contribution < -0.4 is 0 Å². The molecular weight excluding hydrogens is 186 g/mol. The van der Waals surface area contributed by atoms with Crippen molar-refractivity contribution in [3.05, 3.63) is 0 Å². The Balaban J connectivity index is 4.07. The van der Waals surface area contributed by atoms with Gasteiger partial charge in [0.15, 0.2) is 0 Å². The average Bonchev–Trinajstić information content (AvgIpc) is 1.14. The van der Waals surface area contributed by atoms with Gasteiger partial charge in [-0.3, -0.25) is 9.13 Å². The third kappa shape index (κ3) is 8.52. The van der Waals surface area contributed by atoms with Crippen LogP contribution in [-0.2, 0) is 9.13 Å². The van der Waals surface area contributed by atoms with Gasteiger partial charge in [0.25, 0.3) is 23.1 Å². The summed E-state index contributed by atoms with van der Waals surface area (Å²) in [5.41, 5.74) is 0. The summed E-state index contributed by atoms with van der Waals surface area (Å²) in [6.45, 7) is 0. The van der Waals surface area contributed by atoms with Crippen LogP contribution in [0.3, 0.4) is 0 Å². The molecule has 0 aromatic carbocycles. The molecule has 0 radical (unpaired) electrons. The van der Waals surface area contributed by atoms with Gasteiger partial charge in [-0.05, 0) is 0 Å². The highest BCUT2D eigenvalue weighted by molar-refractivity contribution is 8.11. The molecule has 0 saturated carbocycles. The Morgan fingerprint density at radius 2 is 1.11 bits per heavy atom. The van der Waals surface area contributed by atoms with Gasteiger partial charge in [-0.15, -0.1) is 0 Å². The van der Waals surface area contributed by atoms with Gasteiger partial charge in [-0.2, -0.15) is 0 Å². The van der Waals surface area contributed by atoms with Crippen molar-refractivity contribution < 1.29 is 28.7 Å². The largest absolute Gasteiger partial charge is 0.329 e. The van der Waals surface area contributed by atoms with E-state index in [-0.39, 0.29) is 0 Å². The molecule has 0 aromatic heterocycles. The molecule has 0 spiro atoms. The third-order valence-corrected chi connectivity index (χ3v) is 9.95. The summed E-state index contributed by atoms with van der Waals surface area (Å²) < 4.78 is 19.8. The van der Waals surface area contributed by atoms with Crippen molar-refractivity contribution in [1.29, 1.82) is 0 Å². The predicted molar refractivity (Wildman–Crippen MR) is 32.6 cm³/mol. The zero-order chi connectivity index (χ0) is 7.71. The molecule has 4 N–H and O–H groups in total. The van der Waals surface area contributed by atoms with Crippen LogP contribution in [0.5, 0.6) is 0 Å². The van der Waals surface area contributed by atoms with Crippen LogP contribution in [0.25, 0.3) is 0 Å². The van der Waals surface area contributed by atoms with Gasteiger partial charge >= 0.3 is 0 Å². The zero-order valence-electron chi connectivity index (χ0n) is 4.21. The molecule has 0 aliphatic rings. The number of hydrogen-bond acceptors (Lipinski definition) is 2. The van der Waals surface area contributed by atoms with E-state index in [1.165, 1.54) is 0 Å². The van der Waals surface area contributed by atoms with Crippen LogP contribution >= 0.6 is 14.3 Å². The summed E-state index contributed by atoms with van der Waals surface area (Å²) >= 11 is 0. The van der Waals surface area contributed by atoms with E-state index < -0.39 is 23.1 Å². The fourth-order valence-corrected chi connectivity index (χ4v) is 6.48. The molecule has 0 amide bonds. The third-order valence-electron chi connectivity index (χ3n) is 0.368. The molecule has 0 bridgehead atoms. The van der Waals surface area contributed by atoms with Gasteiger partial charge in [0, 0.05) is 0 Å². The second kappa shape index (κ2) is 2.63. The lowest BCUT2D eigenvalue weighted by atomic mass is 15.8. The standard InChI is InChI=1S/H6O6P2Si/c1-7(2,3)9-8(4,5)6/h9H2,(H2,1,2,3)(H2,4,5,6). The summed E-state index contributed by atoms with van der Waals surface area (Å²) in [7, 11) is -11.4. The van der Waals surface area contributed by atoms with Crippen LogP contribution in [0.4, 0.5) is 0 Å². The summed E-state index contributed by atoms with van der Waals surface area (Å²) in [6, 6.07) is 0. The Morgan fingerprint density at radius 3 is 1.11 bits per heavy atom. The van der Waals surface area contributed by atoms with Crippen molar-refractivity contribution in [2.45, 2.75) is 0 Å². The summed E-state index contributed by atoms with van der Waals surface area (Å²) in [4.78, 5) is 32.1. The molecule has 9 heteroatoms. The molecule has 56 valence electrons. The van der Waals surface area contributed by atoms with E-state index in [0.717, 1.165) is 0 Å². The molecule has 6 nitrogen and oxygen atoms in total. The van der Waals surface area contributed by atoms with Crippen LogP contribution in [0.15, 0.2) is 0 Å². The van der Waals surface area contributed by atoms with Crippen LogP contribution in [0.2, 0.25) is 0 Å². The molecule has 0 unspecified atom stereocenters. The van der Waals surface area contributed by atoms with E-state index in [2.05, 4.69) is 0 Å². The van der Waals surface area contributed by atoms with Crippen molar-refractivity contribution in [3.8, 4) is 0 Å². The summed E-state index contributed by atoms with van der Waals surface area (Å²) in [5.74, 6) is 0. The minimum atomic E-state index is -4.41. The maximum absolute atomic E-state index is 9.91. The lowest BCUT2D eigenvalue weighted by Crippen LogP contribution is -1.93. The second-order valence-electron chi connectivity index (χ2n) is 1.47. The minimum Gasteiger partial charge on any atom is -0.329 e. The maximum Gasteiger partial charge on any atom is 0.299 e. The molecular formula is H6O6P2Si. The van der Waals surface area contributed by atoms with Gasteiger partial charge in [0.2, 0.25) is 0 Å². The highest BCUT2D eigenvalue weighted by atomic mass is 31.7. The lowest BCUT2D eigenvalue weighted by Gasteiger charge is -2.02. The second-order valence-corrected chi connectivity index (χ2v) is 12.7. The molecule has 0 rings (SSSR count). The first-order chi connectivity index (χ1) is 3.71. The Morgan fingerprint density at radius 1 is 0.889 bits per heavy atom. The minimum absolute atomic E-state index is 2.58. The fourth-order valence-electron chi connectivity index (χ4n) is 0.240. The lowest BCUT2D eigenvalue weighted by molar-refractivity contribution is 0.386. The smallest absolute Gasteiger partial charge is 0.299 e. The van der Waals surface area contributed by atoms with Crippen LogP contribution in [0, 0.1) is 0 Å². The van der Waals surface area contributed by atoms with E-state index in [9.17, 15) is 9.13 Å². The Hall–Kier alpha value is 0.517. The highest BCUT2D eigenvalue weighted by Crippen LogP contribution is 2.48. The number of hydrogen-bond donors (Lipinski definition) is 4. The maximum atomic E-state index is 9.91. The van der Waals surface area contributed by atoms with Gasteiger partial charge < -0.3 is 19.6 Å². The molecule has 0 aliphatic carbocycles. The molecule has 0 saturated heterocycles. The molecule has 9 heavy (non-hydrogen) atoms. The number of rotatable bonds is 2. The monoisotopic (exact) mass is 192 g/mol. The summed E-state index contributed by atoms with van der Waals surface area (Å²) in [5, 5.41) is 0. The van der Waals surface area contributed by atoms with E-state index in [1.807, 2.05) is 0 Å². The molecule has 0 fully saturated rings. The fraction of sp³-hybridized carbons (Fsp3) is 0. The first-order valence-corrected chi connectivity index (χ1v) is 9.19. The first kappa shape index (κ1) is 9.52. The van der Waals surface area contributed by atoms with Crippen molar-refractivity contribution in [1.82, 2.24) is 0 Å². The first-order valence-electron chi connectivity index (χ1n) is 1.80. The van der Waals surface area contributed by atoms with E-state index in [0.29, 0.717) is 0 Å². The van der Waals surface area contributed by atoms with Crippen molar-refractivity contribution in [3.63, 3.8) is 0 Å². The average molecular weight is 192 g/mol. The normalized spacial score (nSPS) is 13.8. The van der Waals surface area contributed by atoms with Crippen LogP contribution in [-0.4, -0.2) is 28.4 Å². The Labute approximate surface area is 52.8 Å². The quantitative estimate of drug-likeness (QED) is 0.307. The van der Waals surface area contributed by atoms with E-state index in [1.54, 1.807) is 0 Å². The zero-order valence-corrected chi connectivity index (χ0v) is 7.41. The SMILES string of the molecule is O=P(O)(O)[SiH2]P(=O)(O)O. The topological polar surface area (TPSA) is 115 Å². The molecule has 0 atom stereocenters. The summed E-state index contributed by atoms with van der Waals surface area (Å²) in [6.07, 6.45) is 0. The van der Waals surface area contributed by atoms with Gasteiger partial charge in [-0.25, -0.2) is 0 Å². The predicted octanol–water partition coefficient (Wildman–Crippen LogP) is -1.66.